The Morgan fingerprint density at radius 2 is 1.79 bits per heavy atom. The highest BCUT2D eigenvalue weighted by molar-refractivity contribution is 5.95. The Bertz CT molecular complexity index is 463. The molecule has 1 amide bonds. The van der Waals surface area contributed by atoms with Crippen molar-refractivity contribution in [3.05, 3.63) is 17.8 Å². The molecule has 0 aliphatic heterocycles. The lowest BCUT2D eigenvalue weighted by atomic mass is 10.3. The summed E-state index contributed by atoms with van der Waals surface area (Å²) >= 11 is 0. The number of carbonyl (C=O) groups excluding carboxylic acids is 2. The Morgan fingerprint density at radius 1 is 1.16 bits per heavy atom. The number of aromatic nitrogens is 1. The monoisotopic (exact) mass is 265 g/mol. The number of nitrogens with zero attached hydrogens (tertiary/aromatic N) is 3. The number of anilines is 1. The van der Waals surface area contributed by atoms with Crippen LogP contribution in [0.3, 0.4) is 0 Å². The molecular formula is C14H23N3O2. The van der Waals surface area contributed by atoms with E-state index in [2.05, 4.69) is 4.90 Å². The van der Waals surface area contributed by atoms with Crippen LogP contribution < -0.4 is 4.90 Å². The van der Waals surface area contributed by atoms with Gasteiger partial charge in [0.05, 0.1) is 5.69 Å². The van der Waals surface area contributed by atoms with Crippen molar-refractivity contribution in [1.29, 1.82) is 0 Å². The number of hydrogen-bond donors (Lipinski definition) is 0. The van der Waals surface area contributed by atoms with Crippen molar-refractivity contribution < 1.29 is 9.59 Å². The van der Waals surface area contributed by atoms with Gasteiger partial charge < -0.3 is 9.47 Å². The van der Waals surface area contributed by atoms with E-state index in [0.29, 0.717) is 12.2 Å². The average Bonchev–Trinajstić information content (AvgIpc) is 2.65. The Morgan fingerprint density at radius 3 is 2.21 bits per heavy atom. The maximum atomic E-state index is 11.8. The molecule has 0 radical (unpaired) electrons. The molecule has 1 aromatic heterocycles. The standard InChI is InChI=1S/C14H23N3O2/c1-11(18)13-7-8-14(16(13)5)17(12(2)19)10-6-9-15(3)4/h7-8H,6,9-10H2,1-5H3. The fourth-order valence-corrected chi connectivity index (χ4v) is 2.10. The van der Waals surface area contributed by atoms with Crippen LogP contribution >= 0.6 is 0 Å². The van der Waals surface area contributed by atoms with Crippen molar-refractivity contribution in [2.24, 2.45) is 7.05 Å². The summed E-state index contributed by atoms with van der Waals surface area (Å²) in [4.78, 5) is 27.0. The van der Waals surface area contributed by atoms with Gasteiger partial charge in [0, 0.05) is 27.4 Å². The van der Waals surface area contributed by atoms with Crippen LogP contribution in [0.4, 0.5) is 5.82 Å². The zero-order valence-corrected chi connectivity index (χ0v) is 12.4. The van der Waals surface area contributed by atoms with E-state index in [9.17, 15) is 9.59 Å². The second kappa shape index (κ2) is 6.52. The Labute approximate surface area is 114 Å². The first-order valence-corrected chi connectivity index (χ1v) is 6.44. The minimum absolute atomic E-state index is 0.00458. The number of hydrogen-bond acceptors (Lipinski definition) is 3. The highest BCUT2D eigenvalue weighted by atomic mass is 16.2. The van der Waals surface area contributed by atoms with Gasteiger partial charge in [-0.3, -0.25) is 14.5 Å². The maximum Gasteiger partial charge on any atom is 0.224 e. The smallest absolute Gasteiger partial charge is 0.224 e. The summed E-state index contributed by atoms with van der Waals surface area (Å²) in [5.41, 5.74) is 0.619. The molecule has 0 aliphatic rings. The maximum absolute atomic E-state index is 11.8. The molecular weight excluding hydrogens is 242 g/mol. The zero-order valence-electron chi connectivity index (χ0n) is 12.4. The Kier molecular flexibility index (Phi) is 5.30. The van der Waals surface area contributed by atoms with Gasteiger partial charge in [-0.15, -0.1) is 0 Å². The lowest BCUT2D eigenvalue weighted by Gasteiger charge is -2.23. The summed E-state index contributed by atoms with van der Waals surface area (Å²) in [6, 6.07) is 3.59. The van der Waals surface area contributed by atoms with E-state index in [1.165, 1.54) is 6.92 Å². The molecule has 0 saturated carbocycles. The number of ketones is 1. The van der Waals surface area contributed by atoms with Gasteiger partial charge >= 0.3 is 0 Å². The molecule has 0 aromatic carbocycles. The van der Waals surface area contributed by atoms with Gasteiger partial charge in [-0.2, -0.15) is 0 Å². The fraction of sp³-hybridized carbons (Fsp3) is 0.571. The summed E-state index contributed by atoms with van der Waals surface area (Å²) in [5, 5.41) is 0. The molecule has 0 unspecified atom stereocenters. The van der Waals surface area contributed by atoms with Crippen LogP contribution in [-0.2, 0) is 11.8 Å². The van der Waals surface area contributed by atoms with Crippen LogP contribution in [0.1, 0.15) is 30.8 Å². The Balaban J connectivity index is 2.88. The third-order valence-electron chi connectivity index (χ3n) is 3.10. The molecule has 0 bridgehead atoms. The van der Waals surface area contributed by atoms with E-state index in [4.69, 9.17) is 0 Å². The SMILES string of the molecule is CC(=O)c1ccc(N(CCCN(C)C)C(C)=O)n1C. The highest BCUT2D eigenvalue weighted by Gasteiger charge is 2.17. The molecule has 5 nitrogen and oxygen atoms in total. The molecule has 0 aliphatic carbocycles. The molecule has 1 heterocycles. The molecule has 0 spiro atoms. The molecule has 19 heavy (non-hydrogen) atoms. The summed E-state index contributed by atoms with van der Waals surface area (Å²) in [6.07, 6.45) is 0.896. The minimum atomic E-state index is -0.00458. The molecule has 1 rings (SSSR count). The Hall–Kier alpha value is -1.62. The van der Waals surface area contributed by atoms with E-state index >= 15 is 0 Å². The van der Waals surface area contributed by atoms with Crippen molar-refractivity contribution in [3.8, 4) is 0 Å². The number of Topliss-reactive ketones (excluding diaryl/α,β-unsaturated/α-hetero) is 1. The second-order valence-electron chi connectivity index (χ2n) is 5.02. The average molecular weight is 265 g/mol. The first-order chi connectivity index (χ1) is 8.84. The van der Waals surface area contributed by atoms with Crippen LogP contribution in [0, 0.1) is 0 Å². The van der Waals surface area contributed by atoms with Gasteiger partial charge in [-0.05, 0) is 39.2 Å². The summed E-state index contributed by atoms with van der Waals surface area (Å²) < 4.78 is 1.78. The van der Waals surface area contributed by atoms with Crippen LogP contribution in [0.2, 0.25) is 0 Å². The quantitative estimate of drug-likeness (QED) is 0.733. The van der Waals surface area contributed by atoms with Gasteiger partial charge in [-0.1, -0.05) is 0 Å². The largest absolute Gasteiger partial charge is 0.328 e. The second-order valence-corrected chi connectivity index (χ2v) is 5.02. The molecule has 0 atom stereocenters. The number of amides is 1. The zero-order chi connectivity index (χ0) is 14.6. The van der Waals surface area contributed by atoms with E-state index in [-0.39, 0.29) is 11.7 Å². The van der Waals surface area contributed by atoms with Crippen molar-refractivity contribution >= 4 is 17.5 Å². The summed E-state index contributed by atoms with van der Waals surface area (Å²) in [7, 11) is 5.83. The molecule has 1 aromatic rings. The van der Waals surface area contributed by atoms with Crippen molar-refractivity contribution in [3.63, 3.8) is 0 Å². The molecule has 0 saturated heterocycles. The number of carbonyl (C=O) groups is 2. The van der Waals surface area contributed by atoms with Crippen LogP contribution in [0.15, 0.2) is 12.1 Å². The summed E-state index contributed by atoms with van der Waals surface area (Å²) in [6.45, 7) is 4.66. The first-order valence-electron chi connectivity index (χ1n) is 6.44. The molecule has 106 valence electrons. The van der Waals surface area contributed by atoms with Crippen LogP contribution in [0.5, 0.6) is 0 Å². The number of rotatable bonds is 6. The topological polar surface area (TPSA) is 45.6 Å². The van der Waals surface area contributed by atoms with Gasteiger partial charge in [0.15, 0.2) is 5.78 Å². The van der Waals surface area contributed by atoms with Gasteiger partial charge in [0.1, 0.15) is 5.82 Å². The van der Waals surface area contributed by atoms with Gasteiger partial charge in [-0.25, -0.2) is 0 Å². The predicted octanol–water partition coefficient (Wildman–Crippen LogP) is 1.53. The third-order valence-corrected chi connectivity index (χ3v) is 3.10. The normalized spacial score (nSPS) is 10.8. The first kappa shape index (κ1) is 15.4. The van der Waals surface area contributed by atoms with Gasteiger partial charge in [0.25, 0.3) is 0 Å². The third kappa shape index (κ3) is 3.92. The van der Waals surface area contributed by atoms with Crippen LogP contribution in [0.25, 0.3) is 0 Å². The van der Waals surface area contributed by atoms with Gasteiger partial charge in [0.2, 0.25) is 5.91 Å². The molecule has 5 heteroatoms. The molecule has 0 fully saturated rings. The van der Waals surface area contributed by atoms with E-state index in [1.54, 1.807) is 22.5 Å². The summed E-state index contributed by atoms with van der Waals surface area (Å²) in [5.74, 6) is 0.775. The van der Waals surface area contributed by atoms with E-state index < -0.39 is 0 Å². The fourth-order valence-electron chi connectivity index (χ4n) is 2.10. The van der Waals surface area contributed by atoms with Crippen molar-refractivity contribution in [2.75, 3.05) is 32.1 Å². The lowest BCUT2D eigenvalue weighted by molar-refractivity contribution is -0.116. The lowest BCUT2D eigenvalue weighted by Crippen LogP contribution is -2.33. The van der Waals surface area contributed by atoms with Crippen molar-refractivity contribution in [1.82, 2.24) is 9.47 Å². The predicted molar refractivity (Wildman–Crippen MR) is 76.6 cm³/mol. The van der Waals surface area contributed by atoms with E-state index in [0.717, 1.165) is 18.8 Å². The van der Waals surface area contributed by atoms with E-state index in [1.807, 2.05) is 27.2 Å². The minimum Gasteiger partial charge on any atom is -0.328 e. The van der Waals surface area contributed by atoms with Crippen LogP contribution in [-0.4, -0.2) is 48.3 Å². The molecule has 0 N–H and O–H groups in total. The van der Waals surface area contributed by atoms with Crippen molar-refractivity contribution in [2.45, 2.75) is 20.3 Å². The highest BCUT2D eigenvalue weighted by Crippen LogP contribution is 2.19.